The van der Waals surface area contributed by atoms with Gasteiger partial charge in [0.1, 0.15) is 0 Å². The predicted molar refractivity (Wildman–Crippen MR) is 61.2 cm³/mol. The second-order valence-electron chi connectivity index (χ2n) is 5.03. The monoisotopic (exact) mass is 247 g/mol. The lowest BCUT2D eigenvalue weighted by atomic mass is 9.97. The third-order valence-electron chi connectivity index (χ3n) is 2.56. The number of rotatable bonds is 3. The number of nitrogens with one attached hydrogen (secondary N) is 1. The molecule has 5 heteroatoms. The normalized spacial score (nSPS) is 25.5. The summed E-state index contributed by atoms with van der Waals surface area (Å²) in [6.07, 6.45) is 0.158. The Morgan fingerprint density at radius 3 is 2.56 bits per heavy atom. The van der Waals surface area contributed by atoms with Crippen LogP contribution in [0.3, 0.4) is 0 Å². The summed E-state index contributed by atoms with van der Waals surface area (Å²) >= 11 is 5.51. The predicted octanol–water partition coefficient (Wildman–Crippen LogP) is 1.32. The Labute approximate surface area is 101 Å². The fourth-order valence-corrected chi connectivity index (χ4v) is 1.72. The van der Waals surface area contributed by atoms with Crippen LogP contribution in [0.4, 0.5) is 0 Å². The Kier molecular flexibility index (Phi) is 4.33. The highest BCUT2D eigenvalue weighted by molar-refractivity contribution is 6.28. The van der Waals surface area contributed by atoms with Crippen LogP contribution < -0.4 is 5.32 Å². The van der Waals surface area contributed by atoms with E-state index in [0.717, 1.165) is 0 Å². The van der Waals surface area contributed by atoms with E-state index in [1.54, 1.807) is 20.8 Å². The number of Topliss-reactive ketones (excluding diaryl/α,β-unsaturated/α-hetero) is 1. The lowest BCUT2D eigenvalue weighted by molar-refractivity contribution is -0.162. The van der Waals surface area contributed by atoms with Crippen molar-refractivity contribution < 1.29 is 14.3 Å². The topological polar surface area (TPSA) is 55.4 Å². The van der Waals surface area contributed by atoms with Crippen molar-refractivity contribution in [3.8, 4) is 0 Å². The van der Waals surface area contributed by atoms with Gasteiger partial charge in [-0.25, -0.2) is 0 Å². The summed E-state index contributed by atoms with van der Waals surface area (Å²) in [5.74, 6) is -0.711. The molecule has 0 bridgehead atoms. The molecule has 1 N–H and O–H groups in total. The molecule has 16 heavy (non-hydrogen) atoms. The van der Waals surface area contributed by atoms with Crippen molar-refractivity contribution >= 4 is 23.4 Å². The van der Waals surface area contributed by atoms with Gasteiger partial charge < -0.3 is 4.74 Å². The van der Waals surface area contributed by atoms with Gasteiger partial charge in [-0.3, -0.25) is 14.9 Å². The molecular formula is C11H18ClNO3. The maximum atomic E-state index is 11.7. The van der Waals surface area contributed by atoms with Crippen LogP contribution in [-0.4, -0.2) is 30.4 Å². The quantitative estimate of drug-likeness (QED) is 0.604. The molecule has 2 atom stereocenters. The van der Waals surface area contributed by atoms with Crippen LogP contribution in [0.15, 0.2) is 0 Å². The van der Waals surface area contributed by atoms with Gasteiger partial charge in [-0.15, -0.1) is 11.6 Å². The van der Waals surface area contributed by atoms with Gasteiger partial charge in [-0.1, -0.05) is 0 Å². The number of hydrogen-bond acceptors (Lipinski definition) is 4. The van der Waals surface area contributed by atoms with E-state index >= 15 is 0 Å². The maximum Gasteiger partial charge on any atom is 0.312 e. The van der Waals surface area contributed by atoms with Crippen molar-refractivity contribution in [3.05, 3.63) is 0 Å². The third-order valence-corrected chi connectivity index (χ3v) is 2.82. The molecule has 92 valence electrons. The molecule has 0 spiro atoms. The lowest BCUT2D eigenvalue weighted by Crippen LogP contribution is -2.39. The summed E-state index contributed by atoms with van der Waals surface area (Å²) < 4.78 is 5.28. The lowest BCUT2D eigenvalue weighted by Gasteiger charge is -2.23. The van der Waals surface area contributed by atoms with Crippen LogP contribution in [0, 0.1) is 11.3 Å². The first kappa shape index (κ1) is 13.5. The van der Waals surface area contributed by atoms with Gasteiger partial charge in [0.25, 0.3) is 0 Å². The molecule has 4 nitrogen and oxygen atoms in total. The SMILES string of the molecule is CC(C)(C)C(=O)OC1NCCC1C(=O)CCl. The van der Waals surface area contributed by atoms with E-state index in [1.807, 2.05) is 0 Å². The summed E-state index contributed by atoms with van der Waals surface area (Å²) in [7, 11) is 0. The fraction of sp³-hybridized carbons (Fsp3) is 0.818. The molecule has 1 heterocycles. The van der Waals surface area contributed by atoms with E-state index in [-0.39, 0.29) is 23.6 Å². The Morgan fingerprint density at radius 2 is 2.06 bits per heavy atom. The second-order valence-corrected chi connectivity index (χ2v) is 5.29. The molecule has 1 rings (SSSR count). The van der Waals surface area contributed by atoms with Crippen LogP contribution in [0.5, 0.6) is 0 Å². The molecule has 1 fully saturated rings. The van der Waals surface area contributed by atoms with Gasteiger partial charge in [0.15, 0.2) is 12.0 Å². The third kappa shape index (κ3) is 3.19. The zero-order valence-electron chi connectivity index (χ0n) is 9.88. The molecule has 0 amide bonds. The van der Waals surface area contributed by atoms with Gasteiger partial charge >= 0.3 is 5.97 Å². The minimum absolute atomic E-state index is 0.0318. The standard InChI is InChI=1S/C11H18ClNO3/c1-11(2,3)10(15)16-9-7(4-5-13-9)8(14)6-12/h7,9,13H,4-6H2,1-3H3. The Balaban J connectivity index is 2.60. The first-order chi connectivity index (χ1) is 7.36. The van der Waals surface area contributed by atoms with Crippen molar-refractivity contribution in [2.24, 2.45) is 11.3 Å². The van der Waals surface area contributed by atoms with E-state index in [2.05, 4.69) is 5.32 Å². The average molecular weight is 248 g/mol. The number of ether oxygens (including phenoxy) is 1. The molecule has 0 aromatic carbocycles. The number of alkyl halides is 1. The summed E-state index contributed by atoms with van der Waals surface area (Å²) in [6.45, 7) is 6.02. The van der Waals surface area contributed by atoms with Gasteiger partial charge in [0.05, 0.1) is 17.2 Å². The number of ketones is 1. The van der Waals surface area contributed by atoms with E-state index in [0.29, 0.717) is 13.0 Å². The molecule has 0 aromatic heterocycles. The minimum Gasteiger partial charge on any atom is -0.445 e. The zero-order chi connectivity index (χ0) is 12.3. The number of esters is 1. The van der Waals surface area contributed by atoms with E-state index < -0.39 is 11.6 Å². The summed E-state index contributed by atoms with van der Waals surface area (Å²) in [5, 5.41) is 3.00. The van der Waals surface area contributed by atoms with Crippen molar-refractivity contribution in [1.29, 1.82) is 0 Å². The van der Waals surface area contributed by atoms with E-state index in [1.165, 1.54) is 0 Å². The van der Waals surface area contributed by atoms with Crippen LogP contribution in [-0.2, 0) is 14.3 Å². The highest BCUT2D eigenvalue weighted by Crippen LogP contribution is 2.23. The van der Waals surface area contributed by atoms with Crippen molar-refractivity contribution in [3.63, 3.8) is 0 Å². The highest BCUT2D eigenvalue weighted by atomic mass is 35.5. The summed E-state index contributed by atoms with van der Waals surface area (Å²) in [4.78, 5) is 23.2. The van der Waals surface area contributed by atoms with E-state index in [9.17, 15) is 9.59 Å². The zero-order valence-corrected chi connectivity index (χ0v) is 10.6. The number of carbonyl (C=O) groups excluding carboxylic acids is 2. The second kappa shape index (κ2) is 5.15. The van der Waals surface area contributed by atoms with Crippen LogP contribution in [0.2, 0.25) is 0 Å². The first-order valence-corrected chi connectivity index (χ1v) is 5.93. The molecule has 0 aromatic rings. The molecule has 0 saturated carbocycles. The van der Waals surface area contributed by atoms with E-state index in [4.69, 9.17) is 16.3 Å². The molecule has 1 aliphatic rings. The summed E-state index contributed by atoms with van der Waals surface area (Å²) in [6, 6.07) is 0. The van der Waals surface area contributed by atoms with Gasteiger partial charge in [-0.2, -0.15) is 0 Å². The van der Waals surface area contributed by atoms with Gasteiger partial charge in [0.2, 0.25) is 0 Å². The molecular weight excluding hydrogens is 230 g/mol. The molecule has 1 aliphatic heterocycles. The highest BCUT2D eigenvalue weighted by Gasteiger charge is 2.37. The Bertz CT molecular complexity index is 285. The minimum atomic E-state index is -0.557. The number of hydrogen-bond donors (Lipinski definition) is 1. The van der Waals surface area contributed by atoms with Crippen molar-refractivity contribution in [2.45, 2.75) is 33.4 Å². The number of carbonyl (C=O) groups is 2. The molecule has 0 aliphatic carbocycles. The van der Waals surface area contributed by atoms with Crippen LogP contribution >= 0.6 is 11.6 Å². The van der Waals surface area contributed by atoms with Crippen LogP contribution in [0.1, 0.15) is 27.2 Å². The fourth-order valence-electron chi connectivity index (χ4n) is 1.52. The Hall–Kier alpha value is -0.610. The first-order valence-electron chi connectivity index (χ1n) is 5.39. The average Bonchev–Trinajstić information content (AvgIpc) is 2.63. The smallest absolute Gasteiger partial charge is 0.312 e. The van der Waals surface area contributed by atoms with Crippen LogP contribution in [0.25, 0.3) is 0 Å². The van der Waals surface area contributed by atoms with Crippen molar-refractivity contribution in [1.82, 2.24) is 5.32 Å². The molecule has 2 unspecified atom stereocenters. The number of halogens is 1. The Morgan fingerprint density at radius 1 is 1.44 bits per heavy atom. The van der Waals surface area contributed by atoms with Crippen molar-refractivity contribution in [2.75, 3.05) is 12.4 Å². The summed E-state index contributed by atoms with van der Waals surface area (Å²) in [5.41, 5.74) is -0.557. The maximum absolute atomic E-state index is 11.7. The largest absolute Gasteiger partial charge is 0.445 e. The molecule has 1 saturated heterocycles. The van der Waals surface area contributed by atoms with Gasteiger partial charge in [-0.05, 0) is 33.7 Å². The van der Waals surface area contributed by atoms with Gasteiger partial charge in [0, 0.05) is 0 Å². The molecule has 0 radical (unpaired) electrons.